The van der Waals surface area contributed by atoms with Crippen LogP contribution in [0.2, 0.25) is 0 Å². The highest BCUT2D eigenvalue weighted by atomic mass is 16.5. The molecule has 1 amide bonds. The van der Waals surface area contributed by atoms with E-state index in [0.717, 1.165) is 0 Å². The molecule has 0 saturated heterocycles. The number of amides is 1. The van der Waals surface area contributed by atoms with Crippen molar-refractivity contribution in [2.24, 2.45) is 5.92 Å². The van der Waals surface area contributed by atoms with Crippen LogP contribution in [-0.2, 0) is 9.53 Å². The summed E-state index contributed by atoms with van der Waals surface area (Å²) in [6, 6.07) is 0.340. The minimum absolute atomic E-state index is 0.0202. The number of likely N-dealkylation sites (N-methyl/N-ethyl adjacent to an activating group) is 1. The van der Waals surface area contributed by atoms with E-state index >= 15 is 0 Å². The lowest BCUT2D eigenvalue weighted by Crippen LogP contribution is -2.46. The second-order valence-electron chi connectivity index (χ2n) is 5.08. The number of hydrogen-bond acceptors (Lipinski definition) is 4. The molecule has 0 radical (unpaired) electrons. The van der Waals surface area contributed by atoms with Gasteiger partial charge in [-0.3, -0.25) is 4.79 Å². The summed E-state index contributed by atoms with van der Waals surface area (Å²) in [5.41, 5.74) is 0. The second kappa shape index (κ2) is 9.30. The monoisotopic (exact) mass is 260 g/mol. The quantitative estimate of drug-likeness (QED) is 0.611. The third-order valence-corrected chi connectivity index (χ3v) is 3.03. The van der Waals surface area contributed by atoms with Crippen molar-refractivity contribution in [1.82, 2.24) is 9.80 Å². The maximum atomic E-state index is 11.6. The lowest BCUT2D eigenvalue weighted by Gasteiger charge is -2.33. The zero-order valence-corrected chi connectivity index (χ0v) is 12.3. The lowest BCUT2D eigenvalue weighted by atomic mass is 10.0. The first-order valence-electron chi connectivity index (χ1n) is 6.50. The molecule has 108 valence electrons. The largest absolute Gasteiger partial charge is 0.394 e. The van der Waals surface area contributed by atoms with Gasteiger partial charge >= 0.3 is 0 Å². The molecule has 0 spiro atoms. The molecule has 0 bridgehead atoms. The van der Waals surface area contributed by atoms with E-state index in [2.05, 4.69) is 18.7 Å². The average molecular weight is 260 g/mol. The SMILES string of the molecule is CC(=O)N(CCOCCO)CC(C(C)C)N(C)C. The Hall–Kier alpha value is -0.650. The van der Waals surface area contributed by atoms with Gasteiger partial charge in [0.05, 0.1) is 19.8 Å². The van der Waals surface area contributed by atoms with Crippen LogP contribution in [0.5, 0.6) is 0 Å². The molecule has 0 aromatic carbocycles. The van der Waals surface area contributed by atoms with Crippen LogP contribution in [0.4, 0.5) is 0 Å². The van der Waals surface area contributed by atoms with Gasteiger partial charge in [-0.25, -0.2) is 0 Å². The van der Waals surface area contributed by atoms with Crippen molar-refractivity contribution < 1.29 is 14.6 Å². The zero-order chi connectivity index (χ0) is 14.1. The van der Waals surface area contributed by atoms with E-state index in [4.69, 9.17) is 9.84 Å². The van der Waals surface area contributed by atoms with Crippen molar-refractivity contribution in [3.8, 4) is 0 Å². The number of aliphatic hydroxyl groups is 1. The van der Waals surface area contributed by atoms with Crippen LogP contribution in [-0.4, -0.2) is 73.9 Å². The van der Waals surface area contributed by atoms with Crippen LogP contribution in [0.1, 0.15) is 20.8 Å². The number of ether oxygens (including phenoxy) is 1. The molecule has 1 N–H and O–H groups in total. The number of hydrogen-bond donors (Lipinski definition) is 1. The van der Waals surface area contributed by atoms with Gasteiger partial charge in [0.15, 0.2) is 0 Å². The zero-order valence-electron chi connectivity index (χ0n) is 12.3. The van der Waals surface area contributed by atoms with Gasteiger partial charge in [-0.15, -0.1) is 0 Å². The van der Waals surface area contributed by atoms with Crippen LogP contribution in [0.15, 0.2) is 0 Å². The molecule has 0 aromatic rings. The third-order valence-electron chi connectivity index (χ3n) is 3.03. The predicted octanol–water partition coefficient (Wildman–Crippen LogP) is 0.430. The van der Waals surface area contributed by atoms with E-state index in [1.807, 2.05) is 19.0 Å². The molecule has 5 nitrogen and oxygen atoms in total. The lowest BCUT2D eigenvalue weighted by molar-refractivity contribution is -0.130. The molecule has 0 aromatic heterocycles. The Morgan fingerprint density at radius 2 is 1.89 bits per heavy atom. The molecule has 5 heteroatoms. The van der Waals surface area contributed by atoms with Crippen LogP contribution >= 0.6 is 0 Å². The van der Waals surface area contributed by atoms with E-state index in [1.54, 1.807) is 6.92 Å². The predicted molar refractivity (Wildman–Crippen MR) is 72.5 cm³/mol. The number of carbonyl (C=O) groups excluding carboxylic acids is 1. The number of carbonyl (C=O) groups is 1. The summed E-state index contributed by atoms with van der Waals surface area (Å²) in [6.07, 6.45) is 0. The van der Waals surface area contributed by atoms with E-state index < -0.39 is 0 Å². The highest BCUT2D eigenvalue weighted by Gasteiger charge is 2.20. The molecule has 0 fully saturated rings. The Kier molecular flexibility index (Phi) is 8.97. The molecule has 1 unspecified atom stereocenters. The van der Waals surface area contributed by atoms with Crippen molar-refractivity contribution in [2.75, 3.05) is 47.0 Å². The summed E-state index contributed by atoms with van der Waals surface area (Å²) >= 11 is 0. The van der Waals surface area contributed by atoms with Gasteiger partial charge in [-0.05, 0) is 20.0 Å². The standard InChI is InChI=1S/C13H28N2O3/c1-11(2)13(14(4)5)10-15(12(3)17)6-8-18-9-7-16/h11,13,16H,6-10H2,1-5H3. The summed E-state index contributed by atoms with van der Waals surface area (Å²) < 4.78 is 5.21. The smallest absolute Gasteiger partial charge is 0.219 e. The van der Waals surface area contributed by atoms with Gasteiger partial charge in [0.1, 0.15) is 0 Å². The molecular weight excluding hydrogens is 232 g/mol. The molecule has 18 heavy (non-hydrogen) atoms. The summed E-state index contributed by atoms with van der Waals surface area (Å²) in [6.45, 7) is 8.00. The summed E-state index contributed by atoms with van der Waals surface area (Å²) in [7, 11) is 4.07. The Labute approximate surface area is 111 Å². The Morgan fingerprint density at radius 1 is 1.28 bits per heavy atom. The molecule has 0 aliphatic carbocycles. The first-order valence-corrected chi connectivity index (χ1v) is 6.50. The van der Waals surface area contributed by atoms with Crippen LogP contribution in [0.25, 0.3) is 0 Å². The topological polar surface area (TPSA) is 53.0 Å². The maximum absolute atomic E-state index is 11.6. The molecule has 0 aliphatic rings. The van der Waals surface area contributed by atoms with Crippen molar-refractivity contribution >= 4 is 5.91 Å². The van der Waals surface area contributed by atoms with Crippen LogP contribution < -0.4 is 0 Å². The average Bonchev–Trinajstić information content (AvgIpc) is 2.26. The summed E-state index contributed by atoms with van der Waals surface area (Å²) in [5.74, 6) is 0.551. The fourth-order valence-electron chi connectivity index (χ4n) is 1.91. The first kappa shape index (κ1) is 17.4. The number of rotatable bonds is 9. The van der Waals surface area contributed by atoms with E-state index in [9.17, 15) is 4.79 Å². The fourth-order valence-corrected chi connectivity index (χ4v) is 1.91. The minimum Gasteiger partial charge on any atom is -0.394 e. The van der Waals surface area contributed by atoms with Gasteiger partial charge < -0.3 is 19.6 Å². The summed E-state index contributed by atoms with van der Waals surface area (Å²) in [5, 5.41) is 8.62. The van der Waals surface area contributed by atoms with Crippen molar-refractivity contribution in [3.63, 3.8) is 0 Å². The fraction of sp³-hybridized carbons (Fsp3) is 0.923. The molecule has 0 saturated carbocycles. The van der Waals surface area contributed by atoms with Crippen molar-refractivity contribution in [2.45, 2.75) is 26.8 Å². The van der Waals surface area contributed by atoms with E-state index in [-0.39, 0.29) is 12.5 Å². The summed E-state index contributed by atoms with van der Waals surface area (Å²) in [4.78, 5) is 15.5. The van der Waals surface area contributed by atoms with Gasteiger partial charge in [0.25, 0.3) is 0 Å². The molecule has 0 aliphatic heterocycles. The molecule has 1 atom stereocenters. The Morgan fingerprint density at radius 3 is 2.28 bits per heavy atom. The molecule has 0 rings (SSSR count). The van der Waals surface area contributed by atoms with E-state index in [1.165, 1.54) is 0 Å². The highest BCUT2D eigenvalue weighted by molar-refractivity contribution is 5.73. The second-order valence-corrected chi connectivity index (χ2v) is 5.08. The van der Waals surface area contributed by atoms with Gasteiger partial charge in [0.2, 0.25) is 5.91 Å². The van der Waals surface area contributed by atoms with Gasteiger partial charge in [-0.2, -0.15) is 0 Å². The Balaban J connectivity index is 4.28. The number of nitrogens with zero attached hydrogens (tertiary/aromatic N) is 2. The van der Waals surface area contributed by atoms with Gasteiger partial charge in [-0.1, -0.05) is 13.8 Å². The van der Waals surface area contributed by atoms with Crippen molar-refractivity contribution in [3.05, 3.63) is 0 Å². The highest BCUT2D eigenvalue weighted by Crippen LogP contribution is 2.09. The first-order chi connectivity index (χ1) is 8.40. The minimum atomic E-state index is 0.0202. The molecular formula is C13H28N2O3. The normalized spacial score (nSPS) is 13.1. The Bertz CT molecular complexity index is 224. The maximum Gasteiger partial charge on any atom is 0.219 e. The van der Waals surface area contributed by atoms with Gasteiger partial charge in [0, 0.05) is 26.1 Å². The van der Waals surface area contributed by atoms with Crippen LogP contribution in [0, 0.1) is 5.92 Å². The third kappa shape index (κ3) is 6.93. The molecule has 0 heterocycles. The van der Waals surface area contributed by atoms with E-state index in [0.29, 0.717) is 38.3 Å². The van der Waals surface area contributed by atoms with Crippen molar-refractivity contribution in [1.29, 1.82) is 0 Å². The number of aliphatic hydroxyl groups excluding tert-OH is 1. The van der Waals surface area contributed by atoms with Crippen LogP contribution in [0.3, 0.4) is 0 Å².